The van der Waals surface area contributed by atoms with Crippen LogP contribution in [-0.2, 0) is 0 Å². The van der Waals surface area contributed by atoms with E-state index in [0.717, 1.165) is 10.4 Å². The lowest BCUT2D eigenvalue weighted by atomic mass is 10.1. The van der Waals surface area contributed by atoms with E-state index in [2.05, 4.69) is 26.6 Å². The van der Waals surface area contributed by atoms with Crippen LogP contribution in [0, 0.1) is 13.8 Å². The molecule has 0 bridgehead atoms. The van der Waals surface area contributed by atoms with E-state index >= 15 is 0 Å². The Bertz CT molecular complexity index is 802. The van der Waals surface area contributed by atoms with Crippen LogP contribution in [0.4, 0.5) is 5.00 Å². The van der Waals surface area contributed by atoms with Gasteiger partial charge in [0.25, 0.3) is 11.8 Å². The summed E-state index contributed by atoms with van der Waals surface area (Å²) in [7, 11) is 0. The van der Waals surface area contributed by atoms with E-state index in [9.17, 15) is 9.59 Å². The van der Waals surface area contributed by atoms with Crippen LogP contribution in [0.3, 0.4) is 0 Å². The number of primary amides is 1. The van der Waals surface area contributed by atoms with Crippen molar-refractivity contribution in [2.24, 2.45) is 5.73 Å². The van der Waals surface area contributed by atoms with Crippen molar-refractivity contribution in [2.75, 3.05) is 5.32 Å². The second-order valence-corrected chi connectivity index (χ2v) is 7.23. The van der Waals surface area contributed by atoms with Crippen LogP contribution in [0.1, 0.15) is 31.2 Å². The third-order valence-corrected chi connectivity index (χ3v) is 5.22. The molecule has 1 aromatic heterocycles. The van der Waals surface area contributed by atoms with E-state index in [1.807, 2.05) is 19.9 Å². The van der Waals surface area contributed by atoms with Crippen molar-refractivity contribution in [3.05, 3.63) is 50.3 Å². The van der Waals surface area contributed by atoms with Gasteiger partial charge in [-0.2, -0.15) is 0 Å². The smallest absolute Gasteiger partial charge is 0.258 e. The van der Waals surface area contributed by atoms with Gasteiger partial charge in [0, 0.05) is 9.35 Å². The van der Waals surface area contributed by atoms with Crippen LogP contribution in [0.15, 0.2) is 28.7 Å². The Kier molecular flexibility index (Phi) is 5.51. The first-order valence-electron chi connectivity index (χ1n) is 6.58. The van der Waals surface area contributed by atoms with Crippen LogP contribution < -0.4 is 16.4 Å². The number of carbonyl (C=O) groups is 2. The Morgan fingerprint density at radius 3 is 2.52 bits per heavy atom. The van der Waals surface area contributed by atoms with Crippen LogP contribution in [-0.4, -0.2) is 16.9 Å². The number of nitrogens with two attached hydrogens (primary N) is 1. The molecule has 0 saturated heterocycles. The number of hydrogen-bond donors (Lipinski definition) is 3. The lowest BCUT2D eigenvalue weighted by Crippen LogP contribution is -2.34. The number of rotatable bonds is 3. The molecular formula is C15H14BrN3O2S2. The van der Waals surface area contributed by atoms with Crippen molar-refractivity contribution in [1.82, 2.24) is 5.32 Å². The first-order valence-corrected chi connectivity index (χ1v) is 8.59. The second-order valence-electron chi connectivity index (χ2n) is 4.74. The number of thiophene rings is 1. The molecule has 0 saturated carbocycles. The van der Waals surface area contributed by atoms with Crippen molar-refractivity contribution in [3.8, 4) is 0 Å². The predicted octanol–water partition coefficient (Wildman–Crippen LogP) is 3.35. The molecule has 0 aliphatic rings. The van der Waals surface area contributed by atoms with Gasteiger partial charge in [-0.3, -0.25) is 14.9 Å². The van der Waals surface area contributed by atoms with Gasteiger partial charge in [-0.15, -0.1) is 11.3 Å². The zero-order valence-corrected chi connectivity index (χ0v) is 15.6. The van der Waals surface area contributed by atoms with Crippen LogP contribution >= 0.6 is 39.5 Å². The molecule has 120 valence electrons. The summed E-state index contributed by atoms with van der Waals surface area (Å²) in [5.41, 5.74) is 7.07. The zero-order valence-electron chi connectivity index (χ0n) is 12.4. The molecule has 4 N–H and O–H groups in total. The molecule has 2 aromatic rings. The van der Waals surface area contributed by atoms with Crippen molar-refractivity contribution >= 4 is 61.4 Å². The third kappa shape index (κ3) is 3.95. The number of hydrogen-bond acceptors (Lipinski definition) is 4. The maximum absolute atomic E-state index is 12.2. The Labute approximate surface area is 151 Å². The molecule has 23 heavy (non-hydrogen) atoms. The van der Waals surface area contributed by atoms with E-state index < -0.39 is 5.91 Å². The maximum Gasteiger partial charge on any atom is 0.258 e. The highest BCUT2D eigenvalue weighted by atomic mass is 79.9. The van der Waals surface area contributed by atoms with Gasteiger partial charge in [0.15, 0.2) is 5.11 Å². The average molecular weight is 412 g/mol. The van der Waals surface area contributed by atoms with Crippen LogP contribution in [0.5, 0.6) is 0 Å². The normalized spacial score (nSPS) is 10.2. The SMILES string of the molecule is Cc1sc(NC(=S)NC(=O)c2ccccc2Br)c(C(N)=O)c1C. The van der Waals surface area contributed by atoms with Crippen molar-refractivity contribution in [1.29, 1.82) is 0 Å². The van der Waals surface area contributed by atoms with E-state index in [1.165, 1.54) is 11.3 Å². The topological polar surface area (TPSA) is 84.2 Å². The largest absolute Gasteiger partial charge is 0.365 e. The van der Waals surface area contributed by atoms with Gasteiger partial charge in [0.2, 0.25) is 0 Å². The molecule has 1 aromatic carbocycles. The van der Waals surface area contributed by atoms with Crippen molar-refractivity contribution in [3.63, 3.8) is 0 Å². The Morgan fingerprint density at radius 1 is 1.26 bits per heavy atom. The van der Waals surface area contributed by atoms with Crippen LogP contribution in [0.2, 0.25) is 0 Å². The minimum atomic E-state index is -0.533. The van der Waals surface area contributed by atoms with Crippen molar-refractivity contribution in [2.45, 2.75) is 13.8 Å². The summed E-state index contributed by atoms with van der Waals surface area (Å²) in [6.07, 6.45) is 0. The number of carbonyl (C=O) groups excluding carboxylic acids is 2. The van der Waals surface area contributed by atoms with Gasteiger partial charge >= 0.3 is 0 Å². The number of amides is 2. The molecule has 0 atom stereocenters. The molecule has 0 fully saturated rings. The van der Waals surface area contributed by atoms with E-state index in [4.69, 9.17) is 18.0 Å². The number of aryl methyl sites for hydroxylation is 1. The van der Waals surface area contributed by atoms with E-state index in [0.29, 0.717) is 20.6 Å². The van der Waals surface area contributed by atoms with Crippen molar-refractivity contribution < 1.29 is 9.59 Å². The number of anilines is 1. The second kappa shape index (κ2) is 7.20. The van der Waals surface area contributed by atoms with E-state index in [-0.39, 0.29) is 11.0 Å². The van der Waals surface area contributed by atoms with Crippen LogP contribution in [0.25, 0.3) is 0 Å². The van der Waals surface area contributed by atoms with Gasteiger partial charge in [-0.05, 0) is 59.7 Å². The average Bonchev–Trinajstić information content (AvgIpc) is 2.73. The third-order valence-electron chi connectivity index (χ3n) is 3.20. The summed E-state index contributed by atoms with van der Waals surface area (Å²) in [5, 5.41) is 6.10. The summed E-state index contributed by atoms with van der Waals surface area (Å²) in [4.78, 5) is 24.7. The summed E-state index contributed by atoms with van der Waals surface area (Å²) in [5.74, 6) is -0.880. The zero-order chi connectivity index (χ0) is 17.1. The first-order chi connectivity index (χ1) is 10.8. The summed E-state index contributed by atoms with van der Waals surface area (Å²) < 4.78 is 0.668. The van der Waals surface area contributed by atoms with Gasteiger partial charge < -0.3 is 11.1 Å². The first kappa shape index (κ1) is 17.6. The molecule has 0 aliphatic carbocycles. The fourth-order valence-corrected chi connectivity index (χ4v) is 3.76. The molecule has 0 unspecified atom stereocenters. The lowest BCUT2D eigenvalue weighted by molar-refractivity contribution is 0.0975. The summed E-state index contributed by atoms with van der Waals surface area (Å²) >= 11 is 9.83. The number of thiocarbonyl (C=S) groups is 1. The number of benzene rings is 1. The minimum absolute atomic E-state index is 0.106. The highest BCUT2D eigenvalue weighted by Crippen LogP contribution is 2.31. The molecule has 8 heteroatoms. The highest BCUT2D eigenvalue weighted by Gasteiger charge is 2.19. The highest BCUT2D eigenvalue weighted by molar-refractivity contribution is 9.10. The summed E-state index contributed by atoms with van der Waals surface area (Å²) in [6, 6.07) is 7.01. The Morgan fingerprint density at radius 2 is 1.91 bits per heavy atom. The molecule has 0 aliphatic heterocycles. The number of halogens is 1. The number of nitrogens with one attached hydrogen (secondary N) is 2. The maximum atomic E-state index is 12.2. The molecule has 5 nitrogen and oxygen atoms in total. The monoisotopic (exact) mass is 411 g/mol. The Hall–Kier alpha value is -1.77. The molecule has 0 spiro atoms. The lowest BCUT2D eigenvalue weighted by Gasteiger charge is -2.10. The van der Waals surface area contributed by atoms with Gasteiger partial charge in [0.05, 0.1) is 11.1 Å². The predicted molar refractivity (Wildman–Crippen MR) is 100 cm³/mol. The molecule has 2 rings (SSSR count). The van der Waals surface area contributed by atoms with E-state index in [1.54, 1.807) is 18.2 Å². The van der Waals surface area contributed by atoms with Gasteiger partial charge in [0.1, 0.15) is 5.00 Å². The molecular weight excluding hydrogens is 398 g/mol. The minimum Gasteiger partial charge on any atom is -0.365 e. The fourth-order valence-electron chi connectivity index (χ4n) is 1.96. The standard InChI is InChI=1S/C15H14BrN3O2S2/c1-7-8(2)23-14(11(7)12(17)20)19-15(22)18-13(21)9-5-3-4-6-10(9)16/h3-6H,1-2H3,(H2,17,20)(H2,18,19,21,22). The Balaban J connectivity index is 2.15. The molecule has 0 radical (unpaired) electrons. The quantitative estimate of drug-likeness (QED) is 0.676. The fraction of sp³-hybridized carbons (Fsp3) is 0.133. The summed E-state index contributed by atoms with van der Waals surface area (Å²) in [6.45, 7) is 3.71. The molecule has 2 amide bonds. The van der Waals surface area contributed by atoms with Gasteiger partial charge in [-0.1, -0.05) is 12.1 Å². The molecule has 1 heterocycles. The van der Waals surface area contributed by atoms with Gasteiger partial charge in [-0.25, -0.2) is 0 Å².